The number of phenolic OH excluding ortho intramolecular Hbond substituents is 1. The van der Waals surface area contributed by atoms with Gasteiger partial charge in [-0.25, -0.2) is 0 Å². The Balaban J connectivity index is 2.01. The van der Waals surface area contributed by atoms with Crippen molar-refractivity contribution in [1.82, 2.24) is 4.90 Å². The normalized spacial score (nSPS) is 14.7. The van der Waals surface area contributed by atoms with Crippen molar-refractivity contribution < 1.29 is 5.11 Å². The van der Waals surface area contributed by atoms with Crippen LogP contribution in [0.25, 0.3) is 10.8 Å². The molecule has 0 aromatic heterocycles. The Morgan fingerprint density at radius 2 is 2.10 bits per heavy atom. The third kappa shape index (κ3) is 2.65. The fraction of sp³-hybridized carbons (Fsp3) is 0.312. The summed E-state index contributed by atoms with van der Waals surface area (Å²) in [6, 6.07) is 12.4. The Labute approximate surface area is 126 Å². The molecule has 0 heterocycles. The summed E-state index contributed by atoms with van der Waals surface area (Å²) < 4.78 is 1.03. The Hall–Kier alpha value is -1.57. The van der Waals surface area contributed by atoms with Crippen LogP contribution in [0, 0.1) is 11.3 Å². The van der Waals surface area contributed by atoms with Gasteiger partial charge in [0.25, 0.3) is 0 Å². The number of rotatable bonds is 4. The summed E-state index contributed by atoms with van der Waals surface area (Å²) >= 11 is 3.47. The van der Waals surface area contributed by atoms with Crippen LogP contribution < -0.4 is 0 Å². The second-order valence-electron chi connectivity index (χ2n) is 5.22. The lowest BCUT2D eigenvalue weighted by molar-refractivity contribution is 0.283. The monoisotopic (exact) mass is 330 g/mol. The van der Waals surface area contributed by atoms with Gasteiger partial charge in [0.05, 0.1) is 12.6 Å². The zero-order valence-electron chi connectivity index (χ0n) is 11.0. The van der Waals surface area contributed by atoms with Crippen molar-refractivity contribution in [2.45, 2.75) is 25.4 Å². The molecule has 0 unspecified atom stereocenters. The Morgan fingerprint density at radius 1 is 1.30 bits per heavy atom. The van der Waals surface area contributed by atoms with Crippen molar-refractivity contribution in [2.24, 2.45) is 0 Å². The second kappa shape index (κ2) is 5.43. The van der Waals surface area contributed by atoms with Crippen LogP contribution in [0.2, 0.25) is 0 Å². The zero-order chi connectivity index (χ0) is 14.1. The minimum Gasteiger partial charge on any atom is -0.508 e. The molecule has 2 aromatic rings. The van der Waals surface area contributed by atoms with Crippen molar-refractivity contribution in [3.63, 3.8) is 0 Å². The fourth-order valence-electron chi connectivity index (χ4n) is 2.57. The molecule has 3 rings (SSSR count). The molecule has 3 nitrogen and oxygen atoms in total. The largest absolute Gasteiger partial charge is 0.508 e. The summed E-state index contributed by atoms with van der Waals surface area (Å²) in [5.74, 6) is 0.309. The molecule has 0 aliphatic heterocycles. The van der Waals surface area contributed by atoms with Gasteiger partial charge >= 0.3 is 0 Å². The van der Waals surface area contributed by atoms with E-state index in [1.807, 2.05) is 24.3 Å². The quantitative estimate of drug-likeness (QED) is 0.867. The molecule has 1 aliphatic carbocycles. The van der Waals surface area contributed by atoms with E-state index in [2.05, 4.69) is 26.9 Å². The highest BCUT2D eigenvalue weighted by molar-refractivity contribution is 9.10. The number of halogens is 1. The van der Waals surface area contributed by atoms with E-state index in [1.165, 1.54) is 0 Å². The molecule has 4 heteroatoms. The van der Waals surface area contributed by atoms with Crippen molar-refractivity contribution in [3.05, 3.63) is 40.4 Å². The predicted molar refractivity (Wildman–Crippen MR) is 82.4 cm³/mol. The SMILES string of the molecule is N#CCN(Cc1c(O)ccc2cc(Br)ccc12)C1CC1. The third-order valence-electron chi connectivity index (χ3n) is 3.77. The molecule has 1 aliphatic rings. The summed E-state index contributed by atoms with van der Waals surface area (Å²) in [5.41, 5.74) is 0.914. The van der Waals surface area contributed by atoms with Gasteiger partial charge in [-0.05, 0) is 41.8 Å². The zero-order valence-corrected chi connectivity index (χ0v) is 12.6. The number of fused-ring (bicyclic) bond motifs is 1. The highest BCUT2D eigenvalue weighted by atomic mass is 79.9. The topological polar surface area (TPSA) is 47.3 Å². The molecule has 1 fully saturated rings. The minimum absolute atomic E-state index is 0.309. The van der Waals surface area contributed by atoms with Gasteiger partial charge in [0.15, 0.2) is 0 Å². The lowest BCUT2D eigenvalue weighted by Crippen LogP contribution is -2.26. The highest BCUT2D eigenvalue weighted by Gasteiger charge is 2.29. The predicted octanol–water partition coefficient (Wildman–Crippen LogP) is 3.80. The molecule has 0 spiro atoms. The first-order valence-electron chi connectivity index (χ1n) is 6.70. The van der Waals surface area contributed by atoms with Crippen LogP contribution in [0.15, 0.2) is 34.8 Å². The van der Waals surface area contributed by atoms with Gasteiger partial charge in [0, 0.05) is 22.6 Å². The smallest absolute Gasteiger partial charge is 0.120 e. The van der Waals surface area contributed by atoms with E-state index in [0.717, 1.165) is 33.7 Å². The van der Waals surface area contributed by atoms with E-state index in [-0.39, 0.29) is 0 Å². The first-order valence-corrected chi connectivity index (χ1v) is 7.49. The number of aromatic hydroxyl groups is 1. The molecular formula is C16H15BrN2O. The van der Waals surface area contributed by atoms with Gasteiger partial charge in [-0.1, -0.05) is 28.1 Å². The van der Waals surface area contributed by atoms with Crippen LogP contribution in [-0.4, -0.2) is 22.6 Å². The standard InChI is InChI=1S/C16H15BrN2O/c17-12-2-5-14-11(9-12)1-6-16(20)15(14)10-19(8-7-18)13-3-4-13/h1-2,5-6,9,13,20H,3-4,8,10H2. The van der Waals surface area contributed by atoms with Gasteiger partial charge in [-0.3, -0.25) is 4.90 Å². The first-order chi connectivity index (χ1) is 9.69. The molecule has 20 heavy (non-hydrogen) atoms. The average Bonchev–Trinajstić information content (AvgIpc) is 3.25. The van der Waals surface area contributed by atoms with Gasteiger partial charge in [-0.15, -0.1) is 0 Å². The number of nitrogens with zero attached hydrogens (tertiary/aromatic N) is 2. The van der Waals surface area contributed by atoms with Crippen molar-refractivity contribution >= 4 is 26.7 Å². The van der Waals surface area contributed by atoms with Crippen LogP contribution in [-0.2, 0) is 6.54 Å². The number of benzene rings is 2. The molecule has 0 atom stereocenters. The van der Waals surface area contributed by atoms with E-state index < -0.39 is 0 Å². The lowest BCUT2D eigenvalue weighted by Gasteiger charge is -2.20. The molecule has 2 aromatic carbocycles. The van der Waals surface area contributed by atoms with Gasteiger partial charge in [0.2, 0.25) is 0 Å². The van der Waals surface area contributed by atoms with Crippen molar-refractivity contribution in [2.75, 3.05) is 6.54 Å². The van der Waals surface area contributed by atoms with Crippen LogP contribution in [0.1, 0.15) is 18.4 Å². The minimum atomic E-state index is 0.309. The summed E-state index contributed by atoms with van der Waals surface area (Å²) in [6.45, 7) is 1.04. The van der Waals surface area contributed by atoms with Gasteiger partial charge < -0.3 is 5.11 Å². The van der Waals surface area contributed by atoms with Crippen LogP contribution in [0.4, 0.5) is 0 Å². The summed E-state index contributed by atoms with van der Waals surface area (Å²) in [4.78, 5) is 2.15. The van der Waals surface area contributed by atoms with Gasteiger partial charge in [-0.2, -0.15) is 5.26 Å². The molecule has 102 valence electrons. The first kappa shape index (κ1) is 13.4. The van der Waals surface area contributed by atoms with Crippen molar-refractivity contribution in [1.29, 1.82) is 5.26 Å². The Morgan fingerprint density at radius 3 is 2.80 bits per heavy atom. The maximum atomic E-state index is 10.2. The van der Waals surface area contributed by atoms with E-state index in [4.69, 9.17) is 5.26 Å². The molecular weight excluding hydrogens is 316 g/mol. The maximum Gasteiger partial charge on any atom is 0.120 e. The number of phenols is 1. The highest BCUT2D eigenvalue weighted by Crippen LogP contribution is 2.34. The van der Waals surface area contributed by atoms with E-state index in [9.17, 15) is 5.11 Å². The average molecular weight is 331 g/mol. The fourth-order valence-corrected chi connectivity index (χ4v) is 2.95. The molecule has 0 amide bonds. The van der Waals surface area contributed by atoms with Crippen LogP contribution in [0.5, 0.6) is 5.75 Å². The Kier molecular flexibility index (Phi) is 3.64. The summed E-state index contributed by atoms with van der Waals surface area (Å²) in [5, 5.41) is 21.3. The molecule has 0 saturated heterocycles. The second-order valence-corrected chi connectivity index (χ2v) is 6.14. The number of hydrogen-bond donors (Lipinski definition) is 1. The van der Waals surface area contributed by atoms with Crippen LogP contribution >= 0.6 is 15.9 Å². The van der Waals surface area contributed by atoms with Gasteiger partial charge in [0.1, 0.15) is 5.75 Å². The number of nitriles is 1. The van der Waals surface area contributed by atoms with Crippen molar-refractivity contribution in [3.8, 4) is 11.8 Å². The lowest BCUT2D eigenvalue weighted by atomic mass is 10.0. The summed E-state index contributed by atoms with van der Waals surface area (Å²) in [7, 11) is 0. The molecule has 1 N–H and O–H groups in total. The molecule has 0 radical (unpaired) electrons. The van der Waals surface area contributed by atoms with Crippen LogP contribution in [0.3, 0.4) is 0 Å². The third-order valence-corrected chi connectivity index (χ3v) is 4.26. The Bertz CT molecular complexity index is 689. The van der Waals surface area contributed by atoms with E-state index in [0.29, 0.717) is 24.9 Å². The summed E-state index contributed by atoms with van der Waals surface area (Å²) in [6.07, 6.45) is 2.30. The van der Waals surface area contributed by atoms with E-state index >= 15 is 0 Å². The molecule has 0 bridgehead atoms. The number of hydrogen-bond acceptors (Lipinski definition) is 3. The van der Waals surface area contributed by atoms with E-state index in [1.54, 1.807) is 6.07 Å². The maximum absolute atomic E-state index is 10.2. The molecule has 1 saturated carbocycles.